The monoisotopic (exact) mass is 384 g/mol. The van der Waals surface area contributed by atoms with E-state index in [0.717, 1.165) is 17.7 Å². The van der Waals surface area contributed by atoms with Gasteiger partial charge in [-0.1, -0.05) is 19.1 Å². The Morgan fingerprint density at radius 1 is 1.04 bits per heavy atom. The molecule has 2 aromatic carbocycles. The minimum Gasteiger partial charge on any atom is -0.376 e. The molecule has 0 aromatic heterocycles. The van der Waals surface area contributed by atoms with Crippen molar-refractivity contribution in [3.8, 4) is 0 Å². The molecular formula is C20H24N4O4. The fourth-order valence-corrected chi connectivity index (χ4v) is 2.67. The summed E-state index contributed by atoms with van der Waals surface area (Å²) in [6, 6.07) is 9.96. The lowest BCUT2D eigenvalue weighted by atomic mass is 10.1. The van der Waals surface area contributed by atoms with Gasteiger partial charge >= 0.3 is 0 Å². The van der Waals surface area contributed by atoms with Crippen LogP contribution in [0.3, 0.4) is 0 Å². The van der Waals surface area contributed by atoms with Gasteiger partial charge in [-0.25, -0.2) is 0 Å². The Kier molecular flexibility index (Phi) is 7.08. The number of nitrogens with one attached hydrogen (secondary N) is 3. The van der Waals surface area contributed by atoms with Gasteiger partial charge in [0.25, 0.3) is 5.69 Å². The van der Waals surface area contributed by atoms with Crippen LogP contribution in [0.4, 0.5) is 22.7 Å². The fraction of sp³-hybridized carbons (Fsp3) is 0.300. The molecule has 28 heavy (non-hydrogen) atoms. The molecule has 2 amide bonds. The molecule has 2 rings (SSSR count). The second-order valence-electron chi connectivity index (χ2n) is 6.44. The maximum Gasteiger partial charge on any atom is 0.274 e. The number of hydrogen-bond donors (Lipinski definition) is 3. The first-order valence-corrected chi connectivity index (χ1v) is 9.00. The van der Waals surface area contributed by atoms with Crippen LogP contribution in [-0.4, -0.2) is 23.3 Å². The lowest BCUT2D eigenvalue weighted by Crippen LogP contribution is -2.22. The van der Waals surface area contributed by atoms with E-state index < -0.39 is 4.92 Å². The van der Waals surface area contributed by atoms with E-state index in [0.29, 0.717) is 23.4 Å². The molecule has 0 radical (unpaired) electrons. The van der Waals surface area contributed by atoms with Gasteiger partial charge in [0.1, 0.15) is 0 Å². The topological polar surface area (TPSA) is 113 Å². The highest BCUT2D eigenvalue weighted by molar-refractivity contribution is 5.95. The van der Waals surface area contributed by atoms with Crippen molar-refractivity contribution in [3.05, 3.63) is 57.6 Å². The molecule has 148 valence electrons. The standard InChI is InChI=1S/C20H24N4O4/c1-4-6-19(25)23-17-8-5-7-16(14(17)3)21-12-20(26)22-15-10-9-13(2)18(11-15)24(27)28/h5,7-11,21H,4,6,12H2,1-3H3,(H,22,26)(H,23,25). The van der Waals surface area contributed by atoms with Crippen molar-refractivity contribution >= 4 is 34.6 Å². The molecule has 0 aliphatic rings. The lowest BCUT2D eigenvalue weighted by molar-refractivity contribution is -0.385. The molecule has 0 unspecified atom stereocenters. The van der Waals surface area contributed by atoms with Gasteiger partial charge in [-0.15, -0.1) is 0 Å². The first-order valence-electron chi connectivity index (χ1n) is 9.00. The summed E-state index contributed by atoms with van der Waals surface area (Å²) in [5, 5.41) is 19.5. The molecular weight excluding hydrogens is 360 g/mol. The van der Waals surface area contributed by atoms with Crippen molar-refractivity contribution in [2.45, 2.75) is 33.6 Å². The van der Waals surface area contributed by atoms with Crippen molar-refractivity contribution in [2.75, 3.05) is 22.5 Å². The third-order valence-electron chi connectivity index (χ3n) is 4.21. The first kappa shape index (κ1) is 20.9. The number of benzene rings is 2. The van der Waals surface area contributed by atoms with Gasteiger partial charge in [0.05, 0.1) is 11.5 Å². The van der Waals surface area contributed by atoms with Crippen LogP contribution in [-0.2, 0) is 9.59 Å². The van der Waals surface area contributed by atoms with Gasteiger partial charge in [0.15, 0.2) is 0 Å². The average molecular weight is 384 g/mol. The molecule has 0 fully saturated rings. The van der Waals surface area contributed by atoms with Gasteiger partial charge in [-0.05, 0) is 44.0 Å². The van der Waals surface area contributed by atoms with Crippen molar-refractivity contribution in [1.82, 2.24) is 0 Å². The van der Waals surface area contributed by atoms with Crippen molar-refractivity contribution in [1.29, 1.82) is 0 Å². The predicted molar refractivity (Wildman–Crippen MR) is 110 cm³/mol. The fourth-order valence-electron chi connectivity index (χ4n) is 2.67. The molecule has 0 saturated heterocycles. The predicted octanol–water partition coefficient (Wildman–Crippen LogP) is 4.00. The highest BCUT2D eigenvalue weighted by Crippen LogP contribution is 2.24. The summed E-state index contributed by atoms with van der Waals surface area (Å²) in [4.78, 5) is 34.5. The molecule has 8 heteroatoms. The van der Waals surface area contributed by atoms with Gasteiger partial charge in [-0.3, -0.25) is 19.7 Å². The molecule has 0 aliphatic carbocycles. The number of carbonyl (C=O) groups is 2. The van der Waals surface area contributed by atoms with E-state index in [1.807, 2.05) is 19.9 Å². The Bertz CT molecular complexity index is 896. The number of carbonyl (C=O) groups excluding carboxylic acids is 2. The van der Waals surface area contributed by atoms with Crippen molar-refractivity contribution in [2.24, 2.45) is 0 Å². The SMILES string of the molecule is CCCC(=O)Nc1cccc(NCC(=O)Nc2ccc(C)c([N+](=O)[O-])c2)c1C. The number of aryl methyl sites for hydroxylation is 1. The maximum atomic E-state index is 12.2. The summed E-state index contributed by atoms with van der Waals surface area (Å²) in [6.45, 7) is 5.41. The summed E-state index contributed by atoms with van der Waals surface area (Å²) in [5.41, 5.74) is 3.08. The van der Waals surface area contributed by atoms with E-state index in [1.54, 1.807) is 31.2 Å². The number of anilines is 3. The average Bonchev–Trinajstić information content (AvgIpc) is 2.64. The Morgan fingerprint density at radius 3 is 2.43 bits per heavy atom. The van der Waals surface area contributed by atoms with Crippen LogP contribution >= 0.6 is 0 Å². The minimum absolute atomic E-state index is 0.0190. The van der Waals surface area contributed by atoms with E-state index >= 15 is 0 Å². The Hall–Kier alpha value is -3.42. The Morgan fingerprint density at radius 2 is 1.75 bits per heavy atom. The zero-order valence-corrected chi connectivity index (χ0v) is 16.2. The van der Waals surface area contributed by atoms with E-state index in [-0.39, 0.29) is 24.0 Å². The van der Waals surface area contributed by atoms with Crippen LogP contribution in [0.1, 0.15) is 30.9 Å². The molecule has 8 nitrogen and oxygen atoms in total. The van der Waals surface area contributed by atoms with E-state index in [2.05, 4.69) is 16.0 Å². The van der Waals surface area contributed by atoms with Gasteiger partial charge in [0.2, 0.25) is 11.8 Å². The highest BCUT2D eigenvalue weighted by Gasteiger charge is 2.13. The van der Waals surface area contributed by atoms with Crippen LogP contribution in [0, 0.1) is 24.0 Å². The zero-order valence-electron chi connectivity index (χ0n) is 16.2. The summed E-state index contributed by atoms with van der Waals surface area (Å²) < 4.78 is 0. The minimum atomic E-state index is -0.481. The quantitative estimate of drug-likeness (QED) is 0.470. The maximum absolute atomic E-state index is 12.2. The summed E-state index contributed by atoms with van der Waals surface area (Å²) in [6.07, 6.45) is 1.21. The Labute approximate surface area is 163 Å². The van der Waals surface area contributed by atoms with Crippen LogP contribution < -0.4 is 16.0 Å². The molecule has 0 aliphatic heterocycles. The number of nitro groups is 1. The van der Waals surface area contributed by atoms with Gasteiger partial charge in [-0.2, -0.15) is 0 Å². The molecule has 3 N–H and O–H groups in total. The molecule has 0 spiro atoms. The second-order valence-corrected chi connectivity index (χ2v) is 6.44. The number of nitrogens with zero attached hydrogens (tertiary/aromatic N) is 1. The lowest BCUT2D eigenvalue weighted by Gasteiger charge is -2.14. The Balaban J connectivity index is 2.00. The third kappa shape index (κ3) is 5.54. The molecule has 2 aromatic rings. The van der Waals surface area contributed by atoms with E-state index in [1.165, 1.54) is 6.07 Å². The zero-order chi connectivity index (χ0) is 20.7. The van der Waals surface area contributed by atoms with Crippen molar-refractivity contribution < 1.29 is 14.5 Å². The number of hydrogen-bond acceptors (Lipinski definition) is 5. The van der Waals surface area contributed by atoms with Crippen LogP contribution in [0.25, 0.3) is 0 Å². The molecule has 0 bridgehead atoms. The first-order chi connectivity index (χ1) is 13.3. The number of amides is 2. The number of nitro benzene ring substituents is 1. The largest absolute Gasteiger partial charge is 0.376 e. The summed E-state index contributed by atoms with van der Waals surface area (Å²) in [5.74, 6) is -0.389. The van der Waals surface area contributed by atoms with Gasteiger partial charge in [0, 0.05) is 35.1 Å². The summed E-state index contributed by atoms with van der Waals surface area (Å²) in [7, 11) is 0. The van der Waals surface area contributed by atoms with Crippen molar-refractivity contribution in [3.63, 3.8) is 0 Å². The number of rotatable bonds is 8. The smallest absolute Gasteiger partial charge is 0.274 e. The molecule has 0 saturated carbocycles. The van der Waals surface area contributed by atoms with Crippen LogP contribution in [0.15, 0.2) is 36.4 Å². The second kappa shape index (κ2) is 9.50. The highest BCUT2D eigenvalue weighted by atomic mass is 16.6. The molecule has 0 heterocycles. The normalized spacial score (nSPS) is 10.2. The van der Waals surface area contributed by atoms with Crippen LogP contribution in [0.2, 0.25) is 0 Å². The van der Waals surface area contributed by atoms with Gasteiger partial charge < -0.3 is 16.0 Å². The van der Waals surface area contributed by atoms with E-state index in [4.69, 9.17) is 0 Å². The third-order valence-corrected chi connectivity index (χ3v) is 4.21. The van der Waals surface area contributed by atoms with E-state index in [9.17, 15) is 19.7 Å². The molecule has 0 atom stereocenters. The van der Waals surface area contributed by atoms with Crippen LogP contribution in [0.5, 0.6) is 0 Å². The summed E-state index contributed by atoms with van der Waals surface area (Å²) >= 11 is 0.